The molecule has 1 N–H and O–H groups in total. The van der Waals surface area contributed by atoms with Crippen LogP contribution < -0.4 is 10.2 Å². The quantitative estimate of drug-likeness (QED) is 0.771. The summed E-state index contributed by atoms with van der Waals surface area (Å²) < 4.78 is 14.2. The van der Waals surface area contributed by atoms with E-state index >= 15 is 0 Å². The molecule has 0 spiro atoms. The number of benzene rings is 2. The Morgan fingerprint density at radius 1 is 1.32 bits per heavy atom. The van der Waals surface area contributed by atoms with Crippen LogP contribution in [0.4, 0.5) is 10.1 Å². The summed E-state index contributed by atoms with van der Waals surface area (Å²) in [5, 5.41) is 10.1. The molecule has 0 aliphatic carbocycles. The normalized spacial score (nSPS) is 10.6. The molecular weight excluding hydrogens is 355 g/mol. The molecule has 1 aromatic heterocycles. The minimum Gasteiger partial charge on any atom is -0.385 e. The predicted octanol–water partition coefficient (Wildman–Crippen LogP) is 2.40. The van der Waals surface area contributed by atoms with Crippen LogP contribution in [0.2, 0.25) is 0 Å². The van der Waals surface area contributed by atoms with Crippen molar-refractivity contribution in [2.75, 3.05) is 11.9 Å². The van der Waals surface area contributed by atoms with Crippen LogP contribution in [0, 0.1) is 5.82 Å². The van der Waals surface area contributed by atoms with Gasteiger partial charge < -0.3 is 10.2 Å². The molecule has 2 aromatic carbocycles. The second-order valence-electron chi connectivity index (χ2n) is 4.40. The van der Waals surface area contributed by atoms with Crippen molar-refractivity contribution in [2.24, 2.45) is 0 Å². The Balaban J connectivity index is 1.65. The number of fused-ring (bicyclic) bond motifs is 1. The maximum absolute atomic E-state index is 13.6. The Morgan fingerprint density at radius 3 is 2.95 bits per heavy atom. The molecule has 112 valence electrons. The molecule has 0 atom stereocenters. The number of hydrogen-bond donors (Lipinski definition) is 1. The zero-order chi connectivity index (χ0) is 15.5. The maximum Gasteiger partial charge on any atom is 0.265 e. The van der Waals surface area contributed by atoms with Gasteiger partial charge in [-0.3, -0.25) is 4.79 Å². The summed E-state index contributed by atoms with van der Waals surface area (Å²) in [6.45, 7) is -0.317. The largest absolute Gasteiger partial charge is 0.385 e. The van der Waals surface area contributed by atoms with E-state index in [4.69, 9.17) is 4.84 Å². The van der Waals surface area contributed by atoms with Crippen molar-refractivity contribution >= 4 is 38.6 Å². The number of carbonyl (C=O) groups excluding carboxylic acids is 1. The van der Waals surface area contributed by atoms with Gasteiger partial charge in [0.05, 0.1) is 5.69 Å². The summed E-state index contributed by atoms with van der Waals surface area (Å²) in [5.41, 5.74) is 1.38. The van der Waals surface area contributed by atoms with Crippen molar-refractivity contribution in [3.8, 4) is 0 Å². The second kappa shape index (κ2) is 6.10. The number of anilines is 1. The zero-order valence-electron chi connectivity index (χ0n) is 11.2. The lowest BCUT2D eigenvalue weighted by atomic mass is 10.3. The molecule has 3 rings (SSSR count). The van der Waals surface area contributed by atoms with Crippen LogP contribution in [0.5, 0.6) is 0 Å². The summed E-state index contributed by atoms with van der Waals surface area (Å²) in [5.74, 6) is -1.03. The second-order valence-corrected chi connectivity index (χ2v) is 5.31. The molecule has 0 aliphatic heterocycles. The molecule has 0 unspecified atom stereocenters. The molecule has 0 saturated carbocycles. The average molecular weight is 365 g/mol. The Hall–Kier alpha value is -2.48. The van der Waals surface area contributed by atoms with Gasteiger partial charge in [0.1, 0.15) is 16.9 Å². The van der Waals surface area contributed by atoms with Gasteiger partial charge in [-0.25, -0.2) is 4.39 Å². The van der Waals surface area contributed by atoms with Gasteiger partial charge in [0.15, 0.2) is 6.61 Å². The molecule has 8 heteroatoms. The highest BCUT2D eigenvalue weighted by molar-refractivity contribution is 9.10. The molecule has 0 saturated heterocycles. The van der Waals surface area contributed by atoms with Crippen LogP contribution in [-0.4, -0.2) is 27.7 Å². The van der Waals surface area contributed by atoms with Gasteiger partial charge in [-0.15, -0.1) is 5.10 Å². The average Bonchev–Trinajstić information content (AvgIpc) is 2.91. The van der Waals surface area contributed by atoms with Crippen molar-refractivity contribution in [1.82, 2.24) is 15.2 Å². The first-order chi connectivity index (χ1) is 10.6. The topological polar surface area (TPSA) is 69.0 Å². The number of amides is 1. The van der Waals surface area contributed by atoms with E-state index in [0.29, 0.717) is 15.5 Å². The van der Waals surface area contributed by atoms with Crippen molar-refractivity contribution in [2.45, 2.75) is 0 Å². The van der Waals surface area contributed by atoms with E-state index in [-0.39, 0.29) is 12.3 Å². The zero-order valence-corrected chi connectivity index (χ0v) is 12.7. The molecular formula is C14H10BrFN4O2. The number of carbonyl (C=O) groups is 1. The number of nitrogens with zero attached hydrogens (tertiary/aromatic N) is 3. The highest BCUT2D eigenvalue weighted by atomic mass is 79.9. The van der Waals surface area contributed by atoms with E-state index in [1.54, 1.807) is 18.2 Å². The van der Waals surface area contributed by atoms with Crippen molar-refractivity contribution < 1.29 is 14.0 Å². The summed E-state index contributed by atoms with van der Waals surface area (Å²) in [6, 6.07) is 11.5. The molecule has 1 amide bonds. The van der Waals surface area contributed by atoms with Crippen molar-refractivity contribution in [1.29, 1.82) is 0 Å². The summed E-state index contributed by atoms with van der Waals surface area (Å²) in [7, 11) is 0. The molecule has 0 aliphatic rings. The van der Waals surface area contributed by atoms with Crippen LogP contribution >= 0.6 is 15.9 Å². The number of para-hydroxylation sites is 1. The van der Waals surface area contributed by atoms with Crippen LogP contribution in [0.1, 0.15) is 0 Å². The molecule has 6 nitrogen and oxygen atoms in total. The minimum atomic E-state index is -0.533. The standard InChI is InChI=1S/C14H10BrFN4O2/c15-9-5-6-11(10(16)7-9)17-14(21)8-22-20-13-4-2-1-3-12(13)18-19-20/h1-7H,8H2,(H,17,21). The highest BCUT2D eigenvalue weighted by Gasteiger charge is 2.10. The lowest BCUT2D eigenvalue weighted by Crippen LogP contribution is -2.26. The van der Waals surface area contributed by atoms with Crippen LogP contribution in [0.3, 0.4) is 0 Å². The smallest absolute Gasteiger partial charge is 0.265 e. The number of aromatic nitrogens is 3. The monoisotopic (exact) mass is 364 g/mol. The van der Waals surface area contributed by atoms with E-state index in [1.165, 1.54) is 12.1 Å². The first-order valence-corrected chi connectivity index (χ1v) is 7.11. The van der Waals surface area contributed by atoms with Gasteiger partial charge in [0, 0.05) is 4.47 Å². The van der Waals surface area contributed by atoms with Gasteiger partial charge in [-0.2, -0.15) is 0 Å². The Bertz CT molecular complexity index is 837. The van der Waals surface area contributed by atoms with E-state index in [9.17, 15) is 9.18 Å². The van der Waals surface area contributed by atoms with Crippen molar-refractivity contribution in [3.63, 3.8) is 0 Å². The molecule has 1 heterocycles. The van der Waals surface area contributed by atoms with E-state index in [1.807, 2.05) is 12.1 Å². The van der Waals surface area contributed by atoms with Gasteiger partial charge in [0.2, 0.25) is 0 Å². The Kier molecular flexibility index (Phi) is 4.01. The van der Waals surface area contributed by atoms with Crippen molar-refractivity contribution in [3.05, 3.63) is 52.8 Å². The van der Waals surface area contributed by atoms with E-state index in [0.717, 1.165) is 4.85 Å². The molecule has 0 radical (unpaired) electrons. The first-order valence-electron chi connectivity index (χ1n) is 6.32. The summed E-state index contributed by atoms with van der Waals surface area (Å²) in [4.78, 5) is 18.2. The summed E-state index contributed by atoms with van der Waals surface area (Å²) in [6.07, 6.45) is 0. The predicted molar refractivity (Wildman–Crippen MR) is 81.7 cm³/mol. The van der Waals surface area contributed by atoms with Crippen LogP contribution in [0.25, 0.3) is 11.0 Å². The number of nitrogens with one attached hydrogen (secondary N) is 1. The fourth-order valence-electron chi connectivity index (χ4n) is 1.84. The lowest BCUT2D eigenvalue weighted by Gasteiger charge is -2.08. The SMILES string of the molecule is O=C(COn1nnc2ccccc21)Nc1ccc(Br)cc1F. The highest BCUT2D eigenvalue weighted by Crippen LogP contribution is 2.19. The van der Waals surface area contributed by atoms with Crippen LogP contribution in [-0.2, 0) is 4.79 Å². The maximum atomic E-state index is 13.6. The molecule has 22 heavy (non-hydrogen) atoms. The first kappa shape index (κ1) is 14.5. The third kappa shape index (κ3) is 3.06. The number of rotatable bonds is 4. The molecule has 0 fully saturated rings. The van der Waals surface area contributed by atoms with Gasteiger partial charge in [-0.1, -0.05) is 32.9 Å². The molecule has 0 bridgehead atoms. The fourth-order valence-corrected chi connectivity index (χ4v) is 2.17. The van der Waals surface area contributed by atoms with Gasteiger partial charge in [-0.05, 0) is 35.5 Å². The molecule has 3 aromatic rings. The fraction of sp³-hybridized carbons (Fsp3) is 0.0714. The Labute approximate surface area is 133 Å². The van der Waals surface area contributed by atoms with E-state index in [2.05, 4.69) is 31.6 Å². The van der Waals surface area contributed by atoms with Gasteiger partial charge >= 0.3 is 0 Å². The van der Waals surface area contributed by atoms with Crippen LogP contribution in [0.15, 0.2) is 46.9 Å². The number of halogens is 2. The third-order valence-corrected chi connectivity index (χ3v) is 3.34. The number of hydrogen-bond acceptors (Lipinski definition) is 4. The third-order valence-electron chi connectivity index (χ3n) is 2.84. The Morgan fingerprint density at radius 2 is 2.14 bits per heavy atom. The van der Waals surface area contributed by atoms with E-state index < -0.39 is 11.7 Å². The minimum absolute atomic E-state index is 0.0836. The van der Waals surface area contributed by atoms with Gasteiger partial charge in [0.25, 0.3) is 5.91 Å². The lowest BCUT2D eigenvalue weighted by molar-refractivity contribution is -0.121. The summed E-state index contributed by atoms with van der Waals surface area (Å²) >= 11 is 3.15.